The van der Waals surface area contributed by atoms with Gasteiger partial charge in [0.25, 0.3) is 5.91 Å². The van der Waals surface area contributed by atoms with Crippen LogP contribution in [0.1, 0.15) is 36.7 Å². The Morgan fingerprint density at radius 3 is 2.29 bits per heavy atom. The fourth-order valence-corrected chi connectivity index (χ4v) is 2.12. The largest absolute Gasteiger partial charge is 0.397 e. The van der Waals surface area contributed by atoms with E-state index in [-0.39, 0.29) is 11.3 Å². The monoisotopic (exact) mass is 302 g/mol. The van der Waals surface area contributed by atoms with Gasteiger partial charge in [0.2, 0.25) is 0 Å². The van der Waals surface area contributed by atoms with Gasteiger partial charge in [0.1, 0.15) is 0 Å². The molecular formula is C17H19ClN2O. The van der Waals surface area contributed by atoms with Gasteiger partial charge in [0, 0.05) is 10.6 Å². The summed E-state index contributed by atoms with van der Waals surface area (Å²) in [6.07, 6.45) is 0. The van der Waals surface area contributed by atoms with E-state index in [1.807, 2.05) is 24.3 Å². The van der Waals surface area contributed by atoms with Crippen LogP contribution in [0.4, 0.5) is 11.4 Å². The molecule has 0 saturated carbocycles. The highest BCUT2D eigenvalue weighted by atomic mass is 35.5. The number of halogens is 1. The fraction of sp³-hybridized carbons (Fsp3) is 0.235. The minimum Gasteiger partial charge on any atom is -0.397 e. The van der Waals surface area contributed by atoms with E-state index in [9.17, 15) is 4.79 Å². The SMILES string of the molecule is CC(C)(C)c1ccc(C(=O)Nc2cc(Cl)ccc2N)cc1. The van der Waals surface area contributed by atoms with Gasteiger partial charge in [0.15, 0.2) is 0 Å². The first-order chi connectivity index (χ1) is 9.77. The van der Waals surface area contributed by atoms with Crippen molar-refractivity contribution >= 4 is 28.9 Å². The normalized spacial score (nSPS) is 11.2. The predicted octanol–water partition coefficient (Wildman–Crippen LogP) is 4.47. The Kier molecular flexibility index (Phi) is 4.24. The minimum absolute atomic E-state index is 0.0619. The number of hydrogen-bond donors (Lipinski definition) is 2. The number of hydrogen-bond acceptors (Lipinski definition) is 2. The molecule has 21 heavy (non-hydrogen) atoms. The van der Waals surface area contributed by atoms with Crippen LogP contribution < -0.4 is 11.1 Å². The number of benzene rings is 2. The van der Waals surface area contributed by atoms with Crippen molar-refractivity contribution < 1.29 is 4.79 Å². The molecule has 0 heterocycles. The lowest BCUT2D eigenvalue weighted by Gasteiger charge is -2.19. The van der Waals surface area contributed by atoms with Gasteiger partial charge in [-0.25, -0.2) is 0 Å². The molecule has 1 amide bonds. The second-order valence-corrected chi connectivity index (χ2v) is 6.45. The molecule has 0 spiro atoms. The molecule has 2 rings (SSSR count). The molecule has 0 bridgehead atoms. The van der Waals surface area contributed by atoms with Crippen LogP contribution in [0.25, 0.3) is 0 Å². The molecule has 0 fully saturated rings. The maximum absolute atomic E-state index is 12.2. The minimum atomic E-state index is -0.204. The van der Waals surface area contributed by atoms with E-state index in [1.54, 1.807) is 18.2 Å². The van der Waals surface area contributed by atoms with Gasteiger partial charge in [0.05, 0.1) is 11.4 Å². The molecule has 0 unspecified atom stereocenters. The zero-order valence-electron chi connectivity index (χ0n) is 12.4. The number of nitrogen functional groups attached to an aromatic ring is 1. The molecule has 3 nitrogen and oxygen atoms in total. The lowest BCUT2D eigenvalue weighted by atomic mass is 9.87. The molecule has 0 aromatic heterocycles. The summed E-state index contributed by atoms with van der Waals surface area (Å²) in [6.45, 7) is 6.40. The van der Waals surface area contributed by atoms with Gasteiger partial charge in [-0.05, 0) is 41.3 Å². The van der Waals surface area contributed by atoms with Crippen molar-refractivity contribution in [3.05, 3.63) is 58.6 Å². The molecule has 0 aliphatic rings. The Balaban J connectivity index is 2.19. The van der Waals surface area contributed by atoms with Gasteiger partial charge in [-0.15, -0.1) is 0 Å². The summed E-state index contributed by atoms with van der Waals surface area (Å²) >= 11 is 5.91. The molecule has 2 aromatic rings. The summed E-state index contributed by atoms with van der Waals surface area (Å²) in [5.41, 5.74) is 8.66. The first-order valence-electron chi connectivity index (χ1n) is 6.74. The molecular weight excluding hydrogens is 284 g/mol. The number of nitrogens with one attached hydrogen (secondary N) is 1. The third kappa shape index (κ3) is 3.76. The average Bonchev–Trinajstić information content (AvgIpc) is 2.42. The average molecular weight is 303 g/mol. The van der Waals surface area contributed by atoms with E-state index in [0.29, 0.717) is 22.0 Å². The molecule has 0 aliphatic carbocycles. The number of carbonyl (C=O) groups is 1. The van der Waals surface area contributed by atoms with Gasteiger partial charge in [-0.1, -0.05) is 44.5 Å². The Labute approximate surface area is 130 Å². The van der Waals surface area contributed by atoms with E-state index in [0.717, 1.165) is 0 Å². The molecule has 0 saturated heterocycles. The van der Waals surface area contributed by atoms with E-state index in [4.69, 9.17) is 17.3 Å². The van der Waals surface area contributed by atoms with Crippen molar-refractivity contribution in [2.24, 2.45) is 0 Å². The highest BCUT2D eigenvalue weighted by Crippen LogP contribution is 2.25. The van der Waals surface area contributed by atoms with Gasteiger partial charge >= 0.3 is 0 Å². The van der Waals surface area contributed by atoms with Crippen molar-refractivity contribution in [2.75, 3.05) is 11.1 Å². The summed E-state index contributed by atoms with van der Waals surface area (Å²) in [4.78, 5) is 12.2. The number of nitrogens with two attached hydrogens (primary N) is 1. The molecule has 2 aromatic carbocycles. The summed E-state index contributed by atoms with van der Waals surface area (Å²) < 4.78 is 0. The molecule has 0 radical (unpaired) electrons. The number of carbonyl (C=O) groups excluding carboxylic acids is 1. The van der Waals surface area contributed by atoms with Crippen LogP contribution in [-0.4, -0.2) is 5.91 Å². The van der Waals surface area contributed by atoms with E-state index >= 15 is 0 Å². The zero-order chi connectivity index (χ0) is 15.6. The Morgan fingerprint density at radius 1 is 1.10 bits per heavy atom. The van der Waals surface area contributed by atoms with Crippen LogP contribution in [-0.2, 0) is 5.41 Å². The summed E-state index contributed by atoms with van der Waals surface area (Å²) in [5.74, 6) is -0.204. The van der Waals surface area contributed by atoms with Crippen LogP contribution in [0, 0.1) is 0 Å². The molecule has 0 aliphatic heterocycles. The number of rotatable bonds is 2. The van der Waals surface area contributed by atoms with Crippen LogP contribution in [0.3, 0.4) is 0 Å². The highest BCUT2D eigenvalue weighted by molar-refractivity contribution is 6.31. The number of anilines is 2. The first kappa shape index (κ1) is 15.4. The summed E-state index contributed by atoms with van der Waals surface area (Å²) in [7, 11) is 0. The highest BCUT2D eigenvalue weighted by Gasteiger charge is 2.14. The van der Waals surface area contributed by atoms with Gasteiger partial charge in [-0.3, -0.25) is 4.79 Å². The van der Waals surface area contributed by atoms with E-state index < -0.39 is 0 Å². The second kappa shape index (κ2) is 5.78. The smallest absolute Gasteiger partial charge is 0.255 e. The van der Waals surface area contributed by atoms with Gasteiger partial charge < -0.3 is 11.1 Å². The quantitative estimate of drug-likeness (QED) is 0.804. The van der Waals surface area contributed by atoms with Crippen LogP contribution in [0.15, 0.2) is 42.5 Å². The Bertz CT molecular complexity index is 657. The first-order valence-corrected chi connectivity index (χ1v) is 7.12. The second-order valence-electron chi connectivity index (χ2n) is 6.01. The lowest BCUT2D eigenvalue weighted by Crippen LogP contribution is -2.15. The summed E-state index contributed by atoms with van der Waals surface area (Å²) in [6, 6.07) is 12.6. The van der Waals surface area contributed by atoms with Crippen molar-refractivity contribution in [3.8, 4) is 0 Å². The van der Waals surface area contributed by atoms with Crippen molar-refractivity contribution in [1.82, 2.24) is 0 Å². The fourth-order valence-electron chi connectivity index (χ4n) is 1.95. The van der Waals surface area contributed by atoms with Crippen LogP contribution in [0.2, 0.25) is 5.02 Å². The topological polar surface area (TPSA) is 55.1 Å². The van der Waals surface area contributed by atoms with Crippen LogP contribution in [0.5, 0.6) is 0 Å². The predicted molar refractivity (Wildman–Crippen MR) is 89.0 cm³/mol. The molecule has 3 N–H and O–H groups in total. The Morgan fingerprint density at radius 2 is 1.71 bits per heavy atom. The summed E-state index contributed by atoms with van der Waals surface area (Å²) in [5, 5.41) is 3.31. The third-order valence-electron chi connectivity index (χ3n) is 3.28. The van der Waals surface area contributed by atoms with Crippen molar-refractivity contribution in [1.29, 1.82) is 0 Å². The maximum atomic E-state index is 12.2. The molecule has 4 heteroatoms. The lowest BCUT2D eigenvalue weighted by molar-refractivity contribution is 0.102. The standard InChI is InChI=1S/C17H19ClN2O/c1-17(2,3)12-6-4-11(5-7-12)16(21)20-15-10-13(18)8-9-14(15)19/h4-10H,19H2,1-3H3,(H,20,21). The van der Waals surface area contributed by atoms with Crippen LogP contribution >= 0.6 is 11.6 Å². The van der Waals surface area contributed by atoms with E-state index in [1.165, 1.54) is 5.56 Å². The Hall–Kier alpha value is -2.00. The molecule has 0 atom stereocenters. The number of amides is 1. The van der Waals surface area contributed by atoms with Crippen molar-refractivity contribution in [3.63, 3.8) is 0 Å². The third-order valence-corrected chi connectivity index (χ3v) is 3.51. The maximum Gasteiger partial charge on any atom is 0.255 e. The molecule has 110 valence electrons. The van der Waals surface area contributed by atoms with Gasteiger partial charge in [-0.2, -0.15) is 0 Å². The zero-order valence-corrected chi connectivity index (χ0v) is 13.2. The van der Waals surface area contributed by atoms with E-state index in [2.05, 4.69) is 26.1 Å². The van der Waals surface area contributed by atoms with Crippen molar-refractivity contribution in [2.45, 2.75) is 26.2 Å².